The van der Waals surface area contributed by atoms with Gasteiger partial charge < -0.3 is 14.7 Å². The predicted molar refractivity (Wildman–Crippen MR) is 45.2 cm³/mol. The van der Waals surface area contributed by atoms with Crippen molar-refractivity contribution in [2.24, 2.45) is 0 Å². The second-order valence-electron chi connectivity index (χ2n) is 2.55. The van der Waals surface area contributed by atoms with Crippen molar-refractivity contribution in [2.45, 2.75) is 13.0 Å². The molecule has 0 spiro atoms. The first-order chi connectivity index (χ1) is 5.37. The summed E-state index contributed by atoms with van der Waals surface area (Å²) in [5.41, 5.74) is 0. The van der Waals surface area contributed by atoms with Gasteiger partial charge in [-0.25, -0.2) is 0 Å². The van der Waals surface area contributed by atoms with E-state index in [9.17, 15) is 9.36 Å². The lowest BCUT2D eigenvalue weighted by atomic mass is 10.2. The fourth-order valence-electron chi connectivity index (χ4n) is 0.617. The highest BCUT2D eigenvalue weighted by atomic mass is 31.2. The van der Waals surface area contributed by atoms with Crippen LogP contribution in [0.2, 0.25) is 0 Å². The maximum atomic E-state index is 10.8. The van der Waals surface area contributed by atoms with Crippen molar-refractivity contribution in [3.63, 3.8) is 0 Å². The Hall–Kier alpha value is -0.220. The van der Waals surface area contributed by atoms with E-state index in [0.29, 0.717) is 0 Å². The molecule has 0 aromatic carbocycles. The van der Waals surface area contributed by atoms with Crippen LogP contribution in [0.3, 0.4) is 0 Å². The molecular formula is C6H14NO4P. The maximum absolute atomic E-state index is 10.8. The van der Waals surface area contributed by atoms with E-state index < -0.39 is 13.6 Å². The average Bonchev–Trinajstić information content (AvgIpc) is 1.85. The van der Waals surface area contributed by atoms with E-state index in [1.54, 1.807) is 7.05 Å². The lowest BCUT2D eigenvalue weighted by molar-refractivity contribution is -0.119. The van der Waals surface area contributed by atoms with Crippen LogP contribution in [-0.4, -0.2) is 37.0 Å². The van der Waals surface area contributed by atoms with E-state index in [1.807, 2.05) is 0 Å². The molecule has 6 heteroatoms. The highest BCUT2D eigenvalue weighted by molar-refractivity contribution is 7.51. The first-order valence-electron chi connectivity index (χ1n) is 3.49. The Kier molecular flexibility index (Phi) is 4.63. The Morgan fingerprint density at radius 1 is 1.75 bits per heavy atom. The molecule has 0 rings (SSSR count). The van der Waals surface area contributed by atoms with Crippen molar-refractivity contribution in [2.75, 3.05) is 20.3 Å². The van der Waals surface area contributed by atoms with Crippen LogP contribution in [0.25, 0.3) is 0 Å². The minimum atomic E-state index is -3.46. The number of ketones is 1. The van der Waals surface area contributed by atoms with Crippen molar-refractivity contribution < 1.29 is 18.8 Å². The van der Waals surface area contributed by atoms with Gasteiger partial charge in [-0.3, -0.25) is 9.36 Å². The van der Waals surface area contributed by atoms with Crippen LogP contribution in [0.1, 0.15) is 6.92 Å². The third kappa shape index (κ3) is 5.43. The van der Waals surface area contributed by atoms with Gasteiger partial charge in [0.2, 0.25) is 0 Å². The van der Waals surface area contributed by atoms with Gasteiger partial charge in [0, 0.05) is 6.66 Å². The van der Waals surface area contributed by atoms with E-state index in [2.05, 4.69) is 9.84 Å². The van der Waals surface area contributed by atoms with E-state index in [0.717, 1.165) is 6.66 Å². The van der Waals surface area contributed by atoms with Gasteiger partial charge in [0.25, 0.3) is 0 Å². The van der Waals surface area contributed by atoms with E-state index >= 15 is 0 Å². The Bertz CT molecular complexity index is 200. The fraction of sp³-hybridized carbons (Fsp3) is 0.833. The zero-order valence-electron chi connectivity index (χ0n) is 7.40. The van der Waals surface area contributed by atoms with Gasteiger partial charge in [-0.15, -0.1) is 0 Å². The van der Waals surface area contributed by atoms with Gasteiger partial charge >= 0.3 is 7.60 Å². The summed E-state index contributed by atoms with van der Waals surface area (Å²) in [5, 5.41) is 2.67. The first-order valence-corrected chi connectivity index (χ1v) is 5.52. The normalized spacial score (nSPS) is 18.3. The summed E-state index contributed by atoms with van der Waals surface area (Å²) >= 11 is 0. The molecule has 0 heterocycles. The molecule has 2 N–H and O–H groups in total. The average molecular weight is 195 g/mol. The molecule has 12 heavy (non-hydrogen) atoms. The summed E-state index contributed by atoms with van der Waals surface area (Å²) in [6, 6.07) is -0.509. The summed E-state index contributed by atoms with van der Waals surface area (Å²) in [7, 11) is -1.87. The standard InChI is InChI=1S/C6H14NO4P/c1-5(8)6(7-2)4-11-12(3,9)10/h6-7H,4H2,1-3H3,(H,9,10). The summed E-state index contributed by atoms with van der Waals surface area (Å²) in [6.07, 6.45) is 0. The second kappa shape index (κ2) is 4.72. The number of carbonyl (C=O) groups excluding carboxylic acids is 1. The molecule has 0 aliphatic carbocycles. The van der Waals surface area contributed by atoms with Crippen LogP contribution in [-0.2, 0) is 13.9 Å². The number of hydrogen-bond donors (Lipinski definition) is 2. The molecule has 5 nitrogen and oxygen atoms in total. The molecule has 0 bridgehead atoms. The third-order valence-electron chi connectivity index (χ3n) is 1.32. The number of carbonyl (C=O) groups is 1. The lowest BCUT2D eigenvalue weighted by Crippen LogP contribution is -2.36. The molecule has 72 valence electrons. The van der Waals surface area contributed by atoms with Crippen LogP contribution in [0.15, 0.2) is 0 Å². The molecule has 0 aliphatic rings. The number of hydrogen-bond acceptors (Lipinski definition) is 4. The second-order valence-corrected chi connectivity index (χ2v) is 4.41. The third-order valence-corrected chi connectivity index (χ3v) is 1.95. The summed E-state index contributed by atoms with van der Waals surface area (Å²) in [5.74, 6) is -0.119. The molecule has 0 radical (unpaired) electrons. The number of Topliss-reactive ketones (excluding diaryl/α,β-unsaturated/α-hetero) is 1. The molecular weight excluding hydrogens is 181 g/mol. The fourth-order valence-corrected chi connectivity index (χ4v) is 1.04. The summed E-state index contributed by atoms with van der Waals surface area (Å²) < 4.78 is 15.2. The number of rotatable bonds is 5. The van der Waals surface area contributed by atoms with E-state index in [-0.39, 0.29) is 12.4 Å². The van der Waals surface area contributed by atoms with Crippen molar-refractivity contribution in [3.05, 3.63) is 0 Å². The predicted octanol–water partition coefficient (Wildman–Crippen LogP) is -0.00480. The lowest BCUT2D eigenvalue weighted by Gasteiger charge is -2.13. The van der Waals surface area contributed by atoms with Crippen LogP contribution < -0.4 is 5.32 Å². The van der Waals surface area contributed by atoms with Crippen LogP contribution in [0.4, 0.5) is 0 Å². The first kappa shape index (κ1) is 11.8. The molecule has 0 fully saturated rings. The zero-order valence-corrected chi connectivity index (χ0v) is 8.30. The Morgan fingerprint density at radius 2 is 2.25 bits per heavy atom. The Balaban J connectivity index is 3.90. The van der Waals surface area contributed by atoms with Gasteiger partial charge in [-0.2, -0.15) is 0 Å². The topological polar surface area (TPSA) is 75.6 Å². The summed E-state index contributed by atoms with van der Waals surface area (Å²) in [6.45, 7) is 2.40. The Morgan fingerprint density at radius 3 is 2.50 bits per heavy atom. The van der Waals surface area contributed by atoms with Gasteiger partial charge in [-0.1, -0.05) is 0 Å². The number of nitrogens with one attached hydrogen (secondary N) is 1. The van der Waals surface area contributed by atoms with Crippen molar-refractivity contribution in [1.29, 1.82) is 0 Å². The minimum Gasteiger partial charge on any atom is -0.324 e. The molecule has 0 aromatic rings. The van der Waals surface area contributed by atoms with Crippen LogP contribution >= 0.6 is 7.60 Å². The monoisotopic (exact) mass is 195 g/mol. The SMILES string of the molecule is CNC(COP(C)(=O)O)C(C)=O. The van der Waals surface area contributed by atoms with Gasteiger partial charge in [0.05, 0.1) is 12.6 Å². The van der Waals surface area contributed by atoms with Crippen molar-refractivity contribution >= 4 is 13.4 Å². The molecule has 2 unspecified atom stereocenters. The van der Waals surface area contributed by atoms with Crippen LogP contribution in [0, 0.1) is 0 Å². The molecule has 0 amide bonds. The van der Waals surface area contributed by atoms with Crippen molar-refractivity contribution in [1.82, 2.24) is 5.32 Å². The summed E-state index contributed by atoms with van der Waals surface area (Å²) in [4.78, 5) is 19.5. The van der Waals surface area contributed by atoms with Crippen molar-refractivity contribution in [3.8, 4) is 0 Å². The van der Waals surface area contributed by atoms with E-state index in [1.165, 1.54) is 6.92 Å². The molecule has 0 saturated carbocycles. The van der Waals surface area contributed by atoms with Gasteiger partial charge in [-0.05, 0) is 14.0 Å². The highest BCUT2D eigenvalue weighted by Crippen LogP contribution is 2.36. The maximum Gasteiger partial charge on any atom is 0.325 e. The van der Waals surface area contributed by atoms with Gasteiger partial charge in [0.15, 0.2) is 0 Å². The highest BCUT2D eigenvalue weighted by Gasteiger charge is 2.17. The molecule has 0 aromatic heterocycles. The quantitative estimate of drug-likeness (QED) is 0.603. The molecule has 2 atom stereocenters. The Labute approximate surface area is 71.6 Å². The number of likely N-dealkylation sites (N-methyl/N-ethyl adjacent to an activating group) is 1. The minimum absolute atomic E-state index is 0.0733. The van der Waals surface area contributed by atoms with E-state index in [4.69, 9.17) is 4.89 Å². The zero-order chi connectivity index (χ0) is 9.78. The molecule has 0 saturated heterocycles. The molecule has 0 aliphatic heterocycles. The van der Waals surface area contributed by atoms with Gasteiger partial charge in [0.1, 0.15) is 5.78 Å². The van der Waals surface area contributed by atoms with Crippen LogP contribution in [0.5, 0.6) is 0 Å². The smallest absolute Gasteiger partial charge is 0.324 e. The largest absolute Gasteiger partial charge is 0.325 e.